The molecule has 0 aliphatic heterocycles. The van der Waals surface area contributed by atoms with Crippen molar-refractivity contribution in [3.63, 3.8) is 0 Å². The summed E-state index contributed by atoms with van der Waals surface area (Å²) in [6.45, 7) is 2.31. The van der Waals surface area contributed by atoms with E-state index < -0.39 is 11.8 Å². The van der Waals surface area contributed by atoms with Crippen molar-refractivity contribution in [1.29, 1.82) is 0 Å². The first-order valence-corrected chi connectivity index (χ1v) is 7.16. The van der Waals surface area contributed by atoms with Crippen LogP contribution in [0.4, 0.5) is 0 Å². The van der Waals surface area contributed by atoms with Crippen molar-refractivity contribution in [1.82, 2.24) is 9.55 Å². The number of hydrogen-bond donors (Lipinski definition) is 0. The minimum atomic E-state index is -0.873. The van der Waals surface area contributed by atoms with Crippen LogP contribution in [0.2, 0.25) is 0 Å². The molecule has 1 heterocycles. The first-order valence-electron chi connectivity index (χ1n) is 6.09. The Hall–Kier alpha value is -1.70. The molecule has 0 aliphatic carbocycles. The van der Waals surface area contributed by atoms with Gasteiger partial charge in [0.2, 0.25) is 0 Å². The molecule has 0 fully saturated rings. The third kappa shape index (κ3) is 3.44. The Bertz CT molecular complexity index is 620. The van der Waals surface area contributed by atoms with E-state index in [0.29, 0.717) is 6.54 Å². The molecule has 0 unspecified atom stereocenters. The molecule has 104 valence electrons. The van der Waals surface area contributed by atoms with Crippen LogP contribution in [0.5, 0.6) is 0 Å². The predicted molar refractivity (Wildman–Crippen MR) is 81.5 cm³/mol. The molecule has 1 aromatic carbocycles. The van der Waals surface area contributed by atoms with Crippen LogP contribution in [0.1, 0.15) is 23.1 Å². The number of hydrogen-bond acceptors (Lipinski definition) is 4. The van der Waals surface area contributed by atoms with E-state index in [2.05, 4.69) is 27.6 Å². The Morgan fingerprint density at radius 2 is 2.00 bits per heavy atom. The Balaban J connectivity index is 2.18. The van der Waals surface area contributed by atoms with Crippen LogP contribution < -0.4 is 0 Å². The van der Waals surface area contributed by atoms with Crippen LogP contribution in [0.3, 0.4) is 0 Å². The molecular weight excluding hydrogens is 371 g/mol. The summed E-state index contributed by atoms with van der Waals surface area (Å²) >= 11 is 2.23. The van der Waals surface area contributed by atoms with E-state index in [1.54, 1.807) is 17.7 Å². The van der Waals surface area contributed by atoms with E-state index in [4.69, 9.17) is 4.74 Å². The van der Waals surface area contributed by atoms with Gasteiger partial charge in [-0.25, -0.2) is 9.78 Å². The highest BCUT2D eigenvalue weighted by molar-refractivity contribution is 14.1. The molecule has 0 atom stereocenters. The van der Waals surface area contributed by atoms with Gasteiger partial charge in [-0.1, -0.05) is 12.1 Å². The van der Waals surface area contributed by atoms with Crippen LogP contribution in [-0.4, -0.2) is 27.9 Å². The summed E-state index contributed by atoms with van der Waals surface area (Å²) in [4.78, 5) is 27.3. The third-order valence-corrected chi connectivity index (χ3v) is 3.36. The van der Waals surface area contributed by atoms with E-state index in [1.807, 2.05) is 24.3 Å². The lowest BCUT2D eigenvalue weighted by Gasteiger charge is -2.07. The van der Waals surface area contributed by atoms with E-state index in [0.717, 1.165) is 9.13 Å². The predicted octanol–water partition coefficient (Wildman–Crippen LogP) is 2.28. The molecule has 0 saturated heterocycles. The fourth-order valence-electron chi connectivity index (χ4n) is 1.72. The van der Waals surface area contributed by atoms with Crippen LogP contribution in [0, 0.1) is 3.57 Å². The zero-order chi connectivity index (χ0) is 14.5. The maximum absolute atomic E-state index is 11.9. The van der Waals surface area contributed by atoms with Crippen molar-refractivity contribution in [2.75, 3.05) is 6.61 Å². The molecule has 0 spiro atoms. The van der Waals surface area contributed by atoms with Gasteiger partial charge in [0.1, 0.15) is 0 Å². The third-order valence-electron chi connectivity index (χ3n) is 2.65. The van der Waals surface area contributed by atoms with Gasteiger partial charge < -0.3 is 9.30 Å². The fraction of sp³-hybridized carbons (Fsp3) is 0.214. The monoisotopic (exact) mass is 384 g/mol. The number of carbonyl (C=O) groups is 2. The van der Waals surface area contributed by atoms with Gasteiger partial charge in [0.25, 0.3) is 0 Å². The summed E-state index contributed by atoms with van der Waals surface area (Å²) in [6.07, 6.45) is 3.17. The highest BCUT2D eigenvalue weighted by atomic mass is 127. The van der Waals surface area contributed by atoms with Gasteiger partial charge >= 0.3 is 11.8 Å². The summed E-state index contributed by atoms with van der Waals surface area (Å²) in [7, 11) is 0. The van der Waals surface area contributed by atoms with E-state index in [-0.39, 0.29) is 12.4 Å². The first kappa shape index (κ1) is 14.7. The van der Waals surface area contributed by atoms with Gasteiger partial charge in [0.05, 0.1) is 6.61 Å². The molecule has 0 amide bonds. The van der Waals surface area contributed by atoms with Crippen LogP contribution in [0.25, 0.3) is 0 Å². The highest BCUT2D eigenvalue weighted by Crippen LogP contribution is 2.10. The van der Waals surface area contributed by atoms with Crippen molar-refractivity contribution < 1.29 is 14.3 Å². The number of ketones is 1. The molecule has 1 aromatic heterocycles. The fourth-order valence-corrected chi connectivity index (χ4v) is 2.08. The molecule has 2 rings (SSSR count). The van der Waals surface area contributed by atoms with Gasteiger partial charge in [0, 0.05) is 22.5 Å². The van der Waals surface area contributed by atoms with Crippen molar-refractivity contribution in [2.24, 2.45) is 0 Å². The van der Waals surface area contributed by atoms with Crippen LogP contribution in [-0.2, 0) is 16.1 Å². The Labute approximate surface area is 130 Å². The number of nitrogens with zero attached hydrogens (tertiary/aromatic N) is 2. The lowest BCUT2D eigenvalue weighted by Crippen LogP contribution is -2.22. The second-order valence-corrected chi connectivity index (χ2v) is 5.30. The smallest absolute Gasteiger partial charge is 0.383 e. The quantitative estimate of drug-likeness (QED) is 0.344. The number of halogens is 1. The SMILES string of the molecule is CCOC(=O)C(=O)c1nccn1Cc1ccc(I)cc1. The molecule has 20 heavy (non-hydrogen) atoms. The number of Topliss-reactive ketones (excluding diaryl/α,β-unsaturated/α-hetero) is 1. The van der Waals surface area contributed by atoms with E-state index in [1.165, 1.54) is 6.20 Å². The molecule has 0 N–H and O–H groups in total. The normalized spacial score (nSPS) is 10.3. The van der Waals surface area contributed by atoms with Crippen molar-refractivity contribution >= 4 is 34.3 Å². The molecule has 0 saturated carbocycles. The highest BCUT2D eigenvalue weighted by Gasteiger charge is 2.22. The summed E-state index contributed by atoms with van der Waals surface area (Å²) in [6, 6.07) is 7.92. The minimum Gasteiger partial charge on any atom is -0.460 e. The van der Waals surface area contributed by atoms with Gasteiger partial charge in [-0.15, -0.1) is 0 Å². The van der Waals surface area contributed by atoms with Crippen LogP contribution >= 0.6 is 22.6 Å². The van der Waals surface area contributed by atoms with Gasteiger partial charge in [-0.3, -0.25) is 4.79 Å². The van der Waals surface area contributed by atoms with Crippen LogP contribution in [0.15, 0.2) is 36.7 Å². The van der Waals surface area contributed by atoms with E-state index in [9.17, 15) is 9.59 Å². The lowest BCUT2D eigenvalue weighted by molar-refractivity contribution is -0.137. The van der Waals surface area contributed by atoms with Gasteiger partial charge in [-0.2, -0.15) is 0 Å². The Kier molecular flexibility index (Phi) is 4.89. The number of benzene rings is 1. The first-order chi connectivity index (χ1) is 9.61. The van der Waals surface area contributed by atoms with Gasteiger partial charge in [0.15, 0.2) is 5.82 Å². The van der Waals surface area contributed by atoms with Crippen molar-refractivity contribution in [2.45, 2.75) is 13.5 Å². The Morgan fingerprint density at radius 3 is 2.65 bits per heavy atom. The zero-order valence-electron chi connectivity index (χ0n) is 10.9. The standard InChI is InChI=1S/C14H13IN2O3/c1-2-20-14(19)12(18)13-16-7-8-17(13)9-10-3-5-11(15)6-4-10/h3-8H,2,9H2,1H3. The number of imidazole rings is 1. The lowest BCUT2D eigenvalue weighted by atomic mass is 10.2. The molecule has 0 radical (unpaired) electrons. The number of carbonyl (C=O) groups excluding carboxylic acids is 2. The molecule has 0 bridgehead atoms. The second-order valence-electron chi connectivity index (χ2n) is 4.05. The summed E-state index contributed by atoms with van der Waals surface area (Å²) in [5.74, 6) is -1.49. The number of ether oxygens (including phenoxy) is 1. The average Bonchev–Trinajstić information content (AvgIpc) is 2.89. The average molecular weight is 384 g/mol. The number of esters is 1. The summed E-state index contributed by atoms with van der Waals surface area (Å²) in [5.41, 5.74) is 1.03. The second kappa shape index (κ2) is 6.65. The molecule has 6 heteroatoms. The molecule has 0 aliphatic rings. The Morgan fingerprint density at radius 1 is 1.30 bits per heavy atom. The number of rotatable bonds is 5. The zero-order valence-corrected chi connectivity index (χ0v) is 13.0. The maximum atomic E-state index is 11.9. The summed E-state index contributed by atoms with van der Waals surface area (Å²) < 4.78 is 7.48. The van der Waals surface area contributed by atoms with E-state index >= 15 is 0 Å². The molecular formula is C14H13IN2O3. The largest absolute Gasteiger partial charge is 0.460 e. The molecule has 5 nitrogen and oxygen atoms in total. The number of aromatic nitrogens is 2. The van der Waals surface area contributed by atoms with Gasteiger partial charge in [-0.05, 0) is 47.2 Å². The topological polar surface area (TPSA) is 61.2 Å². The van der Waals surface area contributed by atoms with Crippen molar-refractivity contribution in [3.05, 3.63) is 51.6 Å². The maximum Gasteiger partial charge on any atom is 0.383 e. The molecule has 2 aromatic rings. The van der Waals surface area contributed by atoms with Crippen molar-refractivity contribution in [3.8, 4) is 0 Å². The minimum absolute atomic E-state index is 0.0991. The summed E-state index contributed by atoms with van der Waals surface area (Å²) in [5, 5.41) is 0.